The molecule has 3 aromatic rings. The summed E-state index contributed by atoms with van der Waals surface area (Å²) in [6, 6.07) is 8.71. The molecule has 0 amide bonds. The second kappa shape index (κ2) is 9.77. The molecular formula is C23H23FN4O7S. The van der Waals surface area contributed by atoms with Crippen LogP contribution in [0.3, 0.4) is 0 Å². The standard InChI is InChI=1S/C23H23FN4O7S/c1-12-11-14(9-10-16(12)24)36(33,34)26-17-8-6-5-7-15(17)22(31)35-13(2)19(29)18-20(25)27(3)23(32)28(4)21(18)30/h5-11,13,26H,25H2,1-4H3/t13-/m0/s1. The smallest absolute Gasteiger partial charge is 0.340 e. The Hall–Kier alpha value is -4.26. The molecule has 0 unspecified atom stereocenters. The number of aromatic nitrogens is 2. The Labute approximate surface area is 205 Å². The van der Waals surface area contributed by atoms with Crippen molar-refractivity contribution in [3.8, 4) is 0 Å². The number of ketones is 1. The second-order valence-corrected chi connectivity index (χ2v) is 9.62. The van der Waals surface area contributed by atoms with Gasteiger partial charge in [-0.05, 0) is 49.7 Å². The molecule has 0 saturated carbocycles. The number of nitrogen functional groups attached to an aromatic ring is 1. The van der Waals surface area contributed by atoms with Gasteiger partial charge in [0.1, 0.15) is 17.2 Å². The highest BCUT2D eigenvalue weighted by Crippen LogP contribution is 2.23. The van der Waals surface area contributed by atoms with Crippen LogP contribution >= 0.6 is 0 Å². The topological polar surface area (TPSA) is 160 Å². The second-order valence-electron chi connectivity index (χ2n) is 7.94. The molecule has 0 aliphatic rings. The van der Waals surface area contributed by atoms with Crippen LogP contribution in [0, 0.1) is 12.7 Å². The average molecular weight is 519 g/mol. The van der Waals surface area contributed by atoms with Crippen molar-refractivity contribution >= 4 is 33.3 Å². The third kappa shape index (κ3) is 4.91. The van der Waals surface area contributed by atoms with Crippen molar-refractivity contribution in [3.63, 3.8) is 0 Å². The number of aryl methyl sites for hydroxylation is 1. The number of Topliss-reactive ketones (excluding diaryl/α,β-unsaturated/α-hetero) is 1. The number of sulfonamides is 1. The molecule has 3 rings (SSSR count). The van der Waals surface area contributed by atoms with Crippen molar-refractivity contribution in [2.24, 2.45) is 14.1 Å². The van der Waals surface area contributed by atoms with E-state index in [2.05, 4.69) is 4.72 Å². The fourth-order valence-electron chi connectivity index (χ4n) is 3.31. The Kier molecular flexibility index (Phi) is 7.15. The van der Waals surface area contributed by atoms with Gasteiger partial charge < -0.3 is 10.5 Å². The van der Waals surface area contributed by atoms with Crippen LogP contribution in [0.2, 0.25) is 0 Å². The summed E-state index contributed by atoms with van der Waals surface area (Å²) in [6.45, 7) is 2.61. The Balaban J connectivity index is 1.89. The van der Waals surface area contributed by atoms with Crippen LogP contribution in [-0.4, -0.2) is 35.4 Å². The summed E-state index contributed by atoms with van der Waals surface area (Å²) in [5, 5.41) is 0. The zero-order chi connectivity index (χ0) is 26.9. The minimum absolute atomic E-state index is 0.113. The normalized spacial score (nSPS) is 12.1. The van der Waals surface area contributed by atoms with E-state index < -0.39 is 56.3 Å². The van der Waals surface area contributed by atoms with E-state index in [0.717, 1.165) is 22.8 Å². The first kappa shape index (κ1) is 26.3. The number of carbonyl (C=O) groups is 2. The molecule has 1 heterocycles. The molecule has 190 valence electrons. The lowest BCUT2D eigenvalue weighted by Crippen LogP contribution is -2.43. The zero-order valence-electron chi connectivity index (χ0n) is 19.7. The zero-order valence-corrected chi connectivity index (χ0v) is 20.6. The van der Waals surface area contributed by atoms with Crippen molar-refractivity contribution in [2.75, 3.05) is 10.5 Å². The van der Waals surface area contributed by atoms with E-state index in [4.69, 9.17) is 10.5 Å². The minimum atomic E-state index is -4.21. The van der Waals surface area contributed by atoms with Crippen LogP contribution in [0.5, 0.6) is 0 Å². The van der Waals surface area contributed by atoms with Crippen LogP contribution in [0.15, 0.2) is 56.9 Å². The Morgan fingerprint density at radius 2 is 1.72 bits per heavy atom. The molecule has 0 saturated heterocycles. The van der Waals surface area contributed by atoms with Crippen molar-refractivity contribution in [2.45, 2.75) is 24.8 Å². The molecule has 0 spiro atoms. The van der Waals surface area contributed by atoms with Gasteiger partial charge in [-0.3, -0.25) is 23.4 Å². The van der Waals surface area contributed by atoms with Gasteiger partial charge in [0.15, 0.2) is 6.10 Å². The lowest BCUT2D eigenvalue weighted by atomic mass is 10.1. The predicted molar refractivity (Wildman–Crippen MR) is 129 cm³/mol. The monoisotopic (exact) mass is 518 g/mol. The third-order valence-electron chi connectivity index (χ3n) is 5.44. The molecule has 0 aliphatic heterocycles. The lowest BCUT2D eigenvalue weighted by Gasteiger charge is -2.17. The largest absolute Gasteiger partial charge is 0.451 e. The number of carbonyl (C=O) groups excluding carboxylic acids is 2. The molecule has 1 aromatic heterocycles. The van der Waals surface area contributed by atoms with E-state index in [9.17, 15) is 32.0 Å². The maximum absolute atomic E-state index is 13.6. The number of nitrogens with two attached hydrogens (primary N) is 1. The number of para-hydroxylation sites is 1. The quantitative estimate of drug-likeness (QED) is 0.350. The number of nitrogens with zero attached hydrogens (tertiary/aromatic N) is 2. The number of benzene rings is 2. The summed E-state index contributed by atoms with van der Waals surface area (Å²) in [5.74, 6) is -2.98. The Morgan fingerprint density at radius 3 is 2.36 bits per heavy atom. The van der Waals surface area contributed by atoms with E-state index in [1.165, 1.54) is 52.2 Å². The van der Waals surface area contributed by atoms with Gasteiger partial charge >= 0.3 is 11.7 Å². The van der Waals surface area contributed by atoms with Gasteiger partial charge in [0.2, 0.25) is 5.78 Å². The first-order chi connectivity index (χ1) is 16.8. The number of rotatable bonds is 7. The molecule has 0 fully saturated rings. The SMILES string of the molecule is Cc1cc(S(=O)(=O)Nc2ccccc2C(=O)O[C@@H](C)C(=O)c2c(N)n(C)c(=O)n(C)c2=O)ccc1F. The van der Waals surface area contributed by atoms with Gasteiger partial charge in [-0.25, -0.2) is 22.4 Å². The molecule has 1 atom stereocenters. The van der Waals surface area contributed by atoms with Gasteiger partial charge in [0.05, 0.1) is 16.1 Å². The average Bonchev–Trinajstić information content (AvgIpc) is 2.83. The molecular weight excluding hydrogens is 495 g/mol. The molecule has 0 bridgehead atoms. The van der Waals surface area contributed by atoms with Gasteiger partial charge in [0, 0.05) is 14.1 Å². The van der Waals surface area contributed by atoms with Gasteiger partial charge in [-0.1, -0.05) is 12.1 Å². The van der Waals surface area contributed by atoms with Crippen LogP contribution in [-0.2, 0) is 28.9 Å². The first-order valence-corrected chi connectivity index (χ1v) is 11.9. The number of hydrogen-bond donors (Lipinski definition) is 2. The Bertz CT molecular complexity index is 1610. The first-order valence-electron chi connectivity index (χ1n) is 10.4. The summed E-state index contributed by atoms with van der Waals surface area (Å²) in [4.78, 5) is 50.0. The molecule has 0 aliphatic carbocycles. The van der Waals surface area contributed by atoms with Crippen LogP contribution in [0.25, 0.3) is 0 Å². The van der Waals surface area contributed by atoms with Crippen molar-refractivity contribution in [1.82, 2.24) is 9.13 Å². The van der Waals surface area contributed by atoms with E-state index in [1.807, 2.05) is 0 Å². The number of ether oxygens (including phenoxy) is 1. The van der Waals surface area contributed by atoms with Gasteiger partial charge in [-0.2, -0.15) is 0 Å². The van der Waals surface area contributed by atoms with Crippen LogP contribution in [0.1, 0.15) is 33.2 Å². The fraction of sp³-hybridized carbons (Fsp3) is 0.217. The fourth-order valence-corrected chi connectivity index (χ4v) is 4.47. The molecule has 11 nitrogen and oxygen atoms in total. The minimum Gasteiger partial charge on any atom is -0.451 e. The maximum atomic E-state index is 13.6. The van der Waals surface area contributed by atoms with Crippen molar-refractivity contribution < 1.29 is 27.1 Å². The van der Waals surface area contributed by atoms with Crippen LogP contribution < -0.4 is 21.7 Å². The van der Waals surface area contributed by atoms with E-state index in [-0.39, 0.29) is 21.7 Å². The highest BCUT2D eigenvalue weighted by Gasteiger charge is 2.28. The summed E-state index contributed by atoms with van der Waals surface area (Å²) in [6.07, 6.45) is -1.51. The summed E-state index contributed by atoms with van der Waals surface area (Å²) < 4.78 is 48.2. The lowest BCUT2D eigenvalue weighted by molar-refractivity contribution is 0.0319. The van der Waals surface area contributed by atoms with Gasteiger partial charge in [-0.15, -0.1) is 0 Å². The summed E-state index contributed by atoms with van der Waals surface area (Å²) in [5.41, 5.74) is 3.31. The molecule has 0 radical (unpaired) electrons. The molecule has 3 N–H and O–H groups in total. The summed E-state index contributed by atoms with van der Waals surface area (Å²) in [7, 11) is -1.76. The predicted octanol–water partition coefficient (Wildman–Crippen LogP) is 1.34. The maximum Gasteiger partial charge on any atom is 0.340 e. The summed E-state index contributed by atoms with van der Waals surface area (Å²) >= 11 is 0. The number of anilines is 2. The van der Waals surface area contributed by atoms with E-state index >= 15 is 0 Å². The number of hydrogen-bond acceptors (Lipinski definition) is 8. The van der Waals surface area contributed by atoms with Crippen LogP contribution in [0.4, 0.5) is 15.9 Å². The highest BCUT2D eigenvalue weighted by molar-refractivity contribution is 7.92. The Morgan fingerprint density at radius 1 is 1.08 bits per heavy atom. The van der Waals surface area contributed by atoms with Gasteiger partial charge in [0.25, 0.3) is 15.6 Å². The number of halogens is 1. The molecule has 13 heteroatoms. The third-order valence-corrected chi connectivity index (χ3v) is 6.80. The van der Waals surface area contributed by atoms with E-state index in [0.29, 0.717) is 4.57 Å². The van der Waals surface area contributed by atoms with Crippen molar-refractivity contribution in [3.05, 3.63) is 85.8 Å². The highest BCUT2D eigenvalue weighted by atomic mass is 32.2. The molecule has 2 aromatic carbocycles. The number of nitrogens with one attached hydrogen (secondary N) is 1. The number of esters is 1. The van der Waals surface area contributed by atoms with E-state index in [1.54, 1.807) is 0 Å². The molecule has 36 heavy (non-hydrogen) atoms. The van der Waals surface area contributed by atoms with Crippen molar-refractivity contribution in [1.29, 1.82) is 0 Å².